The molecule has 0 aliphatic carbocycles. The van der Waals surface area contributed by atoms with Crippen LogP contribution >= 0.6 is 8.03 Å². The molecule has 0 amide bonds. The van der Waals surface area contributed by atoms with Gasteiger partial charge in [0.1, 0.15) is 0 Å². The van der Waals surface area contributed by atoms with E-state index in [2.05, 4.69) is 12.1 Å². The fraction of sp³-hybridized carbons (Fsp3) is 0.143. The predicted octanol–water partition coefficient (Wildman–Crippen LogP) is 3.51. The Morgan fingerprint density at radius 3 is 1.94 bits per heavy atom. The molecule has 3 heteroatoms. The lowest BCUT2D eigenvalue weighted by Gasteiger charge is -2.01. The monoisotopic (exact) mass is 245 g/mol. The molecule has 2 aromatic carbocycles. The second kappa shape index (κ2) is 5.72. The van der Waals surface area contributed by atoms with Gasteiger partial charge in [0.05, 0.1) is 0 Å². The van der Waals surface area contributed by atoms with Crippen LogP contribution in [0, 0.1) is 0 Å². The first-order chi connectivity index (χ1) is 8.24. The molecule has 1 unspecified atom stereocenters. The predicted molar refractivity (Wildman–Crippen MR) is 69.2 cm³/mol. The smallest absolute Gasteiger partial charge is 0.160 e. The third kappa shape index (κ3) is 3.77. The summed E-state index contributed by atoms with van der Waals surface area (Å²) in [4.78, 5) is 8.82. The van der Waals surface area contributed by atoms with Gasteiger partial charge in [0, 0.05) is 5.56 Å². The van der Waals surface area contributed by atoms with E-state index in [1.165, 1.54) is 11.1 Å². The summed E-state index contributed by atoms with van der Waals surface area (Å²) in [7, 11) is -2.08. The van der Waals surface area contributed by atoms with Crippen molar-refractivity contribution in [1.82, 2.24) is 0 Å². The fourth-order valence-electron chi connectivity index (χ4n) is 1.75. The summed E-state index contributed by atoms with van der Waals surface area (Å²) in [5, 5.41) is 0. The first-order valence-electron chi connectivity index (χ1n) is 5.49. The van der Waals surface area contributed by atoms with Gasteiger partial charge in [0.2, 0.25) is 6.16 Å². The van der Waals surface area contributed by atoms with E-state index in [0.717, 1.165) is 12.0 Å². The second-order valence-corrected chi connectivity index (χ2v) is 5.01. The van der Waals surface area contributed by atoms with Crippen LogP contribution in [0.3, 0.4) is 0 Å². The minimum atomic E-state index is -2.08. The van der Waals surface area contributed by atoms with Crippen LogP contribution in [0.5, 0.6) is 0 Å². The minimum Gasteiger partial charge on any atom is -0.160 e. The molecule has 0 saturated carbocycles. The van der Waals surface area contributed by atoms with Crippen LogP contribution < -0.4 is 0 Å². The summed E-state index contributed by atoms with van der Waals surface area (Å²) >= 11 is 0. The SMILES string of the molecule is O=[P+](O)Cc1ccc(Cc2ccccc2)cc1. The van der Waals surface area contributed by atoms with Crippen LogP contribution in [0.4, 0.5) is 0 Å². The van der Waals surface area contributed by atoms with Gasteiger partial charge in [-0.1, -0.05) is 54.6 Å². The van der Waals surface area contributed by atoms with E-state index >= 15 is 0 Å². The van der Waals surface area contributed by atoms with Gasteiger partial charge in [-0.2, -0.15) is 4.89 Å². The van der Waals surface area contributed by atoms with Crippen molar-refractivity contribution in [2.75, 3.05) is 0 Å². The number of benzene rings is 2. The van der Waals surface area contributed by atoms with Crippen molar-refractivity contribution in [3.05, 3.63) is 71.3 Å². The molecular formula is C14H14O2P+. The van der Waals surface area contributed by atoms with E-state index in [4.69, 9.17) is 4.89 Å². The van der Waals surface area contributed by atoms with E-state index in [1.807, 2.05) is 42.5 Å². The van der Waals surface area contributed by atoms with Crippen LogP contribution in [0.2, 0.25) is 0 Å². The summed E-state index contributed by atoms with van der Waals surface area (Å²) in [6, 6.07) is 18.1. The standard InChI is InChI=1S/C14H13O2P/c15-17(16)11-14-8-6-13(7-9-14)10-12-4-2-1-3-5-12/h1-9H,10-11H2/p+1. The molecule has 0 spiro atoms. The van der Waals surface area contributed by atoms with Gasteiger partial charge in [-0.15, -0.1) is 0 Å². The Morgan fingerprint density at radius 1 is 0.824 bits per heavy atom. The molecule has 1 N–H and O–H groups in total. The van der Waals surface area contributed by atoms with Crippen LogP contribution in [0.25, 0.3) is 0 Å². The van der Waals surface area contributed by atoms with Crippen molar-refractivity contribution in [3.63, 3.8) is 0 Å². The molecule has 2 aromatic rings. The number of hydrogen-bond donors (Lipinski definition) is 1. The Hall–Kier alpha value is -1.50. The Morgan fingerprint density at radius 2 is 1.35 bits per heavy atom. The third-order valence-corrected chi connectivity index (χ3v) is 3.23. The van der Waals surface area contributed by atoms with Gasteiger partial charge in [-0.25, -0.2) is 0 Å². The van der Waals surface area contributed by atoms with Crippen molar-refractivity contribution in [1.29, 1.82) is 0 Å². The molecule has 2 nitrogen and oxygen atoms in total. The second-order valence-electron chi connectivity index (χ2n) is 3.99. The molecule has 86 valence electrons. The van der Waals surface area contributed by atoms with Gasteiger partial charge in [-0.3, -0.25) is 0 Å². The van der Waals surface area contributed by atoms with Gasteiger partial charge in [-0.05, 0) is 22.1 Å². The van der Waals surface area contributed by atoms with Crippen molar-refractivity contribution < 1.29 is 9.46 Å². The average Bonchev–Trinajstić information content (AvgIpc) is 2.32. The Labute approximate surface area is 102 Å². The highest BCUT2D eigenvalue weighted by Gasteiger charge is 2.10. The molecule has 0 aromatic heterocycles. The summed E-state index contributed by atoms with van der Waals surface area (Å²) < 4.78 is 10.7. The molecule has 2 rings (SSSR count). The molecule has 0 fully saturated rings. The zero-order valence-corrected chi connectivity index (χ0v) is 10.3. The molecule has 0 aliphatic heterocycles. The Bertz CT molecular complexity index is 491. The summed E-state index contributed by atoms with van der Waals surface area (Å²) in [5.41, 5.74) is 3.40. The first-order valence-corrected chi connectivity index (χ1v) is 6.89. The molecule has 0 bridgehead atoms. The maximum Gasteiger partial charge on any atom is 0.510 e. The highest BCUT2D eigenvalue weighted by atomic mass is 31.1. The average molecular weight is 245 g/mol. The topological polar surface area (TPSA) is 37.3 Å². The molecular weight excluding hydrogens is 231 g/mol. The summed E-state index contributed by atoms with van der Waals surface area (Å²) in [6.07, 6.45) is 1.13. The van der Waals surface area contributed by atoms with Crippen molar-refractivity contribution >= 4 is 8.03 Å². The van der Waals surface area contributed by atoms with Crippen LogP contribution in [-0.4, -0.2) is 4.89 Å². The molecule has 0 aliphatic rings. The molecule has 0 heterocycles. The highest BCUT2D eigenvalue weighted by molar-refractivity contribution is 7.37. The van der Waals surface area contributed by atoms with Gasteiger partial charge in [0.15, 0.2) is 0 Å². The third-order valence-electron chi connectivity index (χ3n) is 2.59. The largest absolute Gasteiger partial charge is 0.510 e. The fourth-order valence-corrected chi connectivity index (χ4v) is 2.27. The van der Waals surface area contributed by atoms with Crippen LogP contribution in [0.15, 0.2) is 54.6 Å². The maximum atomic E-state index is 10.7. The molecule has 17 heavy (non-hydrogen) atoms. The lowest BCUT2D eigenvalue weighted by Crippen LogP contribution is -1.88. The Balaban J connectivity index is 2.06. The van der Waals surface area contributed by atoms with E-state index in [-0.39, 0.29) is 6.16 Å². The molecule has 0 radical (unpaired) electrons. The minimum absolute atomic E-state index is 0.237. The summed E-state index contributed by atoms with van der Waals surface area (Å²) in [5.74, 6) is 0. The van der Waals surface area contributed by atoms with Gasteiger partial charge >= 0.3 is 8.03 Å². The van der Waals surface area contributed by atoms with Gasteiger partial charge < -0.3 is 0 Å². The summed E-state index contributed by atoms with van der Waals surface area (Å²) in [6.45, 7) is 0. The van der Waals surface area contributed by atoms with Gasteiger partial charge in [0.25, 0.3) is 0 Å². The van der Waals surface area contributed by atoms with E-state index < -0.39 is 8.03 Å². The quantitative estimate of drug-likeness (QED) is 0.837. The molecule has 0 saturated heterocycles. The maximum absolute atomic E-state index is 10.7. The van der Waals surface area contributed by atoms with E-state index in [0.29, 0.717) is 0 Å². The normalized spacial score (nSPS) is 11.2. The lowest BCUT2D eigenvalue weighted by atomic mass is 10.0. The van der Waals surface area contributed by atoms with Crippen LogP contribution in [-0.2, 0) is 17.1 Å². The van der Waals surface area contributed by atoms with Crippen molar-refractivity contribution in [3.8, 4) is 0 Å². The van der Waals surface area contributed by atoms with E-state index in [9.17, 15) is 4.57 Å². The Kier molecular flexibility index (Phi) is 4.03. The van der Waals surface area contributed by atoms with E-state index in [1.54, 1.807) is 0 Å². The zero-order valence-electron chi connectivity index (χ0n) is 9.41. The zero-order chi connectivity index (χ0) is 12.1. The van der Waals surface area contributed by atoms with Crippen molar-refractivity contribution in [2.45, 2.75) is 12.6 Å². The van der Waals surface area contributed by atoms with Crippen LogP contribution in [0.1, 0.15) is 16.7 Å². The van der Waals surface area contributed by atoms with Crippen molar-refractivity contribution in [2.24, 2.45) is 0 Å². The number of rotatable bonds is 4. The molecule has 1 atom stereocenters. The number of hydrogen-bond acceptors (Lipinski definition) is 1. The first kappa shape index (κ1) is 12.0. The lowest BCUT2D eigenvalue weighted by molar-refractivity contribution is 0.502. The highest BCUT2D eigenvalue weighted by Crippen LogP contribution is 2.21.